The van der Waals surface area contributed by atoms with Crippen molar-refractivity contribution in [3.05, 3.63) is 24.3 Å². The van der Waals surface area contributed by atoms with Gasteiger partial charge in [0.05, 0.1) is 19.3 Å². The Kier molecular flexibility index (Phi) is 4.07. The molecule has 2 rings (SSSR count). The lowest BCUT2D eigenvalue weighted by Gasteiger charge is -2.53. The van der Waals surface area contributed by atoms with Gasteiger partial charge in [-0.3, -0.25) is 0 Å². The monoisotopic (exact) mass is 280 g/mol. The van der Waals surface area contributed by atoms with Crippen LogP contribution in [-0.2, 0) is 9.53 Å². The number of esters is 1. The molecule has 2 aliphatic carbocycles. The Morgan fingerprint density at radius 1 is 1.40 bits per heavy atom. The van der Waals surface area contributed by atoms with Gasteiger partial charge in [-0.1, -0.05) is 25.7 Å². The zero-order valence-corrected chi connectivity index (χ0v) is 12.3. The fourth-order valence-electron chi connectivity index (χ4n) is 3.97. The quantitative estimate of drug-likeness (QED) is 0.460. The molecule has 5 atom stereocenters. The van der Waals surface area contributed by atoms with Gasteiger partial charge in [-0.25, -0.2) is 4.79 Å². The maximum Gasteiger partial charge on any atom is 0.333 e. The number of ether oxygens (including phenoxy) is 1. The Morgan fingerprint density at radius 2 is 2.05 bits per heavy atom. The second kappa shape index (κ2) is 5.34. The van der Waals surface area contributed by atoms with Crippen LogP contribution in [0.4, 0.5) is 0 Å². The Bertz CT molecular complexity index is 442. The van der Waals surface area contributed by atoms with Crippen LogP contribution in [0.2, 0.25) is 0 Å². The van der Waals surface area contributed by atoms with E-state index in [9.17, 15) is 15.0 Å². The molecule has 112 valence electrons. The lowest BCUT2D eigenvalue weighted by atomic mass is 9.54. The lowest BCUT2D eigenvalue weighted by molar-refractivity contribution is -0.140. The zero-order chi connectivity index (χ0) is 15.1. The molecular formula is C16H24O4. The molecule has 0 amide bonds. The van der Waals surface area contributed by atoms with Gasteiger partial charge in [-0.2, -0.15) is 0 Å². The summed E-state index contributed by atoms with van der Waals surface area (Å²) in [6, 6.07) is 0. The van der Waals surface area contributed by atoms with E-state index in [1.807, 2.05) is 6.92 Å². The SMILES string of the molecule is C=C(C(=O)OC)[C@H]1CC[C@]2(C)[C@@H](O)CCC(=C)[C@H]2[C@H]1O. The summed E-state index contributed by atoms with van der Waals surface area (Å²) in [6.45, 7) is 9.85. The molecule has 4 heteroatoms. The molecular weight excluding hydrogens is 256 g/mol. The van der Waals surface area contributed by atoms with Gasteiger partial charge in [0.1, 0.15) is 0 Å². The molecule has 2 saturated carbocycles. The summed E-state index contributed by atoms with van der Waals surface area (Å²) in [4.78, 5) is 11.6. The van der Waals surface area contributed by atoms with Gasteiger partial charge in [0.2, 0.25) is 0 Å². The summed E-state index contributed by atoms with van der Waals surface area (Å²) in [5.74, 6) is -0.978. The van der Waals surface area contributed by atoms with Crippen molar-refractivity contribution in [3.8, 4) is 0 Å². The number of carbonyl (C=O) groups is 1. The molecule has 2 N–H and O–H groups in total. The standard InChI is InChI=1S/C16H24O4/c1-9-5-6-12(17)16(3)8-7-11(14(18)13(9)16)10(2)15(19)20-4/h11-14,17-18H,1-2,5-8H2,3-4H3/t11-,12+,13+,14+,16-/m1/s1. The minimum Gasteiger partial charge on any atom is -0.466 e. The predicted molar refractivity (Wildman–Crippen MR) is 75.9 cm³/mol. The van der Waals surface area contributed by atoms with Gasteiger partial charge in [0.15, 0.2) is 0 Å². The van der Waals surface area contributed by atoms with E-state index in [4.69, 9.17) is 4.74 Å². The summed E-state index contributed by atoms with van der Waals surface area (Å²) in [7, 11) is 1.32. The number of hydrogen-bond donors (Lipinski definition) is 2. The highest BCUT2D eigenvalue weighted by molar-refractivity contribution is 5.88. The van der Waals surface area contributed by atoms with E-state index in [1.165, 1.54) is 7.11 Å². The average Bonchev–Trinajstić information content (AvgIpc) is 2.42. The topological polar surface area (TPSA) is 66.8 Å². The molecule has 0 aromatic carbocycles. The smallest absolute Gasteiger partial charge is 0.333 e. The Labute approximate surface area is 120 Å². The third-order valence-corrected chi connectivity index (χ3v) is 5.29. The normalized spacial score (nSPS) is 40.9. The molecule has 0 aromatic heterocycles. The summed E-state index contributed by atoms with van der Waals surface area (Å²) in [5, 5.41) is 21.0. The Hall–Kier alpha value is -1.13. The summed E-state index contributed by atoms with van der Waals surface area (Å²) in [6.07, 6.45) is 1.63. The zero-order valence-electron chi connectivity index (χ0n) is 12.3. The van der Waals surface area contributed by atoms with Gasteiger partial charge in [-0.15, -0.1) is 0 Å². The van der Waals surface area contributed by atoms with Crippen molar-refractivity contribution in [1.82, 2.24) is 0 Å². The van der Waals surface area contributed by atoms with Crippen LogP contribution < -0.4 is 0 Å². The predicted octanol–water partition coefficient (Wildman–Crippen LogP) is 1.82. The molecule has 0 heterocycles. The highest BCUT2D eigenvalue weighted by Gasteiger charge is 2.53. The van der Waals surface area contributed by atoms with Crippen molar-refractivity contribution >= 4 is 5.97 Å². The third-order valence-electron chi connectivity index (χ3n) is 5.29. The van der Waals surface area contributed by atoms with Crippen molar-refractivity contribution in [3.63, 3.8) is 0 Å². The molecule has 4 nitrogen and oxygen atoms in total. The number of aliphatic hydroxyl groups excluding tert-OH is 2. The van der Waals surface area contributed by atoms with Crippen LogP contribution >= 0.6 is 0 Å². The van der Waals surface area contributed by atoms with Crippen LogP contribution in [0.1, 0.15) is 32.6 Å². The number of rotatable bonds is 2. The second-order valence-corrected chi connectivity index (χ2v) is 6.35. The lowest BCUT2D eigenvalue weighted by Crippen LogP contribution is -2.54. The molecule has 2 aliphatic rings. The minimum atomic E-state index is -0.734. The van der Waals surface area contributed by atoms with Crippen LogP contribution in [0.15, 0.2) is 24.3 Å². The van der Waals surface area contributed by atoms with Gasteiger partial charge in [-0.05, 0) is 25.7 Å². The number of methoxy groups -OCH3 is 1. The number of aliphatic hydroxyl groups is 2. The maximum absolute atomic E-state index is 11.6. The molecule has 0 unspecified atom stereocenters. The molecule has 0 saturated heterocycles. The molecule has 0 aromatic rings. The first-order chi connectivity index (χ1) is 9.32. The van der Waals surface area contributed by atoms with Crippen molar-refractivity contribution in [2.24, 2.45) is 17.3 Å². The minimum absolute atomic E-state index is 0.189. The highest BCUT2D eigenvalue weighted by Crippen LogP contribution is 2.54. The van der Waals surface area contributed by atoms with Crippen LogP contribution in [0, 0.1) is 17.3 Å². The molecule has 0 bridgehead atoms. The molecule has 2 fully saturated rings. The van der Waals surface area contributed by atoms with Crippen molar-refractivity contribution in [2.45, 2.75) is 44.8 Å². The third kappa shape index (κ3) is 2.21. The van der Waals surface area contributed by atoms with Gasteiger partial charge in [0, 0.05) is 22.8 Å². The van der Waals surface area contributed by atoms with Crippen molar-refractivity contribution in [2.75, 3.05) is 7.11 Å². The first-order valence-electron chi connectivity index (χ1n) is 7.13. The first-order valence-corrected chi connectivity index (χ1v) is 7.13. The summed E-state index contributed by atoms with van der Waals surface area (Å²) >= 11 is 0. The van der Waals surface area contributed by atoms with Crippen molar-refractivity contribution in [1.29, 1.82) is 0 Å². The van der Waals surface area contributed by atoms with Crippen LogP contribution in [0.5, 0.6) is 0 Å². The van der Waals surface area contributed by atoms with Crippen LogP contribution in [-0.4, -0.2) is 35.5 Å². The first kappa shape index (κ1) is 15.3. The Balaban J connectivity index is 2.27. The maximum atomic E-state index is 11.6. The van der Waals surface area contributed by atoms with E-state index >= 15 is 0 Å². The molecule has 0 radical (unpaired) electrons. The molecule has 20 heavy (non-hydrogen) atoms. The van der Waals surface area contributed by atoms with E-state index in [2.05, 4.69) is 13.2 Å². The fourth-order valence-corrected chi connectivity index (χ4v) is 3.97. The average molecular weight is 280 g/mol. The van der Waals surface area contributed by atoms with E-state index in [0.29, 0.717) is 18.4 Å². The van der Waals surface area contributed by atoms with Crippen LogP contribution in [0.3, 0.4) is 0 Å². The van der Waals surface area contributed by atoms with E-state index in [1.54, 1.807) is 0 Å². The van der Waals surface area contributed by atoms with E-state index < -0.39 is 18.2 Å². The largest absolute Gasteiger partial charge is 0.466 e. The fraction of sp³-hybridized carbons (Fsp3) is 0.688. The second-order valence-electron chi connectivity index (χ2n) is 6.35. The van der Waals surface area contributed by atoms with E-state index in [0.717, 1.165) is 18.4 Å². The Morgan fingerprint density at radius 3 is 2.65 bits per heavy atom. The summed E-state index contributed by atoms with van der Waals surface area (Å²) < 4.78 is 4.70. The van der Waals surface area contributed by atoms with Crippen molar-refractivity contribution < 1.29 is 19.7 Å². The van der Waals surface area contributed by atoms with E-state index in [-0.39, 0.29) is 17.3 Å². The van der Waals surface area contributed by atoms with Gasteiger partial charge in [0.25, 0.3) is 0 Å². The number of carbonyl (C=O) groups excluding carboxylic acids is 1. The summed E-state index contributed by atoms with van der Waals surface area (Å²) in [5.41, 5.74) is 0.921. The van der Waals surface area contributed by atoms with Gasteiger partial charge < -0.3 is 14.9 Å². The number of hydrogen-bond acceptors (Lipinski definition) is 4. The molecule has 0 aliphatic heterocycles. The van der Waals surface area contributed by atoms with Gasteiger partial charge >= 0.3 is 5.97 Å². The highest BCUT2D eigenvalue weighted by atomic mass is 16.5. The van der Waals surface area contributed by atoms with Crippen LogP contribution in [0.25, 0.3) is 0 Å². The number of fused-ring (bicyclic) bond motifs is 1. The molecule has 0 spiro atoms.